The number of amides is 1. The van der Waals surface area contributed by atoms with Crippen LogP contribution in [0.25, 0.3) is 0 Å². The van der Waals surface area contributed by atoms with E-state index in [1.165, 1.54) is 0 Å². The lowest BCUT2D eigenvalue weighted by molar-refractivity contribution is -0.117. The predicted octanol–water partition coefficient (Wildman–Crippen LogP) is 1.03. The average Bonchev–Trinajstić information content (AvgIpc) is 2.62. The average molecular weight is 282 g/mol. The molecule has 1 aromatic carbocycles. The van der Waals surface area contributed by atoms with Gasteiger partial charge in [0.2, 0.25) is 15.9 Å². The van der Waals surface area contributed by atoms with E-state index in [9.17, 15) is 13.2 Å². The first-order valence-corrected chi connectivity index (χ1v) is 7.94. The van der Waals surface area contributed by atoms with Crippen molar-refractivity contribution in [1.29, 1.82) is 0 Å². The number of likely N-dealkylation sites (N-methyl/N-ethyl adjacent to an activating group) is 1. The number of anilines is 1. The van der Waals surface area contributed by atoms with Crippen LogP contribution in [0.3, 0.4) is 0 Å². The van der Waals surface area contributed by atoms with E-state index in [0.717, 1.165) is 16.8 Å². The summed E-state index contributed by atoms with van der Waals surface area (Å²) in [6.45, 7) is 2.10. The molecule has 0 bridgehead atoms. The first-order chi connectivity index (χ1) is 8.93. The van der Waals surface area contributed by atoms with Crippen LogP contribution in [0.15, 0.2) is 18.2 Å². The lowest BCUT2D eigenvalue weighted by Gasteiger charge is -2.11. The van der Waals surface area contributed by atoms with Gasteiger partial charge in [0, 0.05) is 19.3 Å². The number of hydrogen-bond donors (Lipinski definition) is 1. The molecule has 1 N–H and O–H groups in total. The third-order valence-corrected chi connectivity index (χ3v) is 4.72. The molecule has 1 aromatic rings. The molecule has 1 amide bonds. The summed E-state index contributed by atoms with van der Waals surface area (Å²) in [7, 11) is -1.44. The highest BCUT2D eigenvalue weighted by atomic mass is 32.2. The van der Waals surface area contributed by atoms with Gasteiger partial charge in [-0.15, -0.1) is 0 Å². The fourth-order valence-corrected chi connectivity index (χ4v) is 3.24. The third kappa shape index (κ3) is 3.13. The van der Waals surface area contributed by atoms with Crippen LogP contribution in [0, 0.1) is 0 Å². The van der Waals surface area contributed by atoms with E-state index in [2.05, 4.69) is 4.72 Å². The van der Waals surface area contributed by atoms with Gasteiger partial charge in [0.15, 0.2) is 0 Å². The highest BCUT2D eigenvalue weighted by Gasteiger charge is 2.23. The molecule has 2 rings (SSSR count). The topological polar surface area (TPSA) is 66.5 Å². The van der Waals surface area contributed by atoms with Crippen molar-refractivity contribution >= 4 is 21.6 Å². The number of carbonyl (C=O) groups excluding carboxylic acids is 1. The van der Waals surface area contributed by atoms with E-state index in [4.69, 9.17) is 0 Å². The smallest absolute Gasteiger partial charge is 0.231 e. The Labute approximate surface area is 113 Å². The number of rotatable bonds is 5. The van der Waals surface area contributed by atoms with E-state index in [1.54, 1.807) is 11.9 Å². The van der Waals surface area contributed by atoms with Crippen LogP contribution < -0.4 is 9.62 Å². The van der Waals surface area contributed by atoms with Gasteiger partial charge in [-0.05, 0) is 23.6 Å². The van der Waals surface area contributed by atoms with E-state index < -0.39 is 10.0 Å². The van der Waals surface area contributed by atoms with Gasteiger partial charge >= 0.3 is 0 Å². The summed E-state index contributed by atoms with van der Waals surface area (Å²) in [6.07, 6.45) is 0.986. The molecular formula is C13H18N2O3S. The van der Waals surface area contributed by atoms with E-state index in [0.29, 0.717) is 12.8 Å². The molecule has 0 saturated heterocycles. The monoisotopic (exact) mass is 282 g/mol. The van der Waals surface area contributed by atoms with Crippen molar-refractivity contribution in [2.24, 2.45) is 0 Å². The molecule has 0 saturated carbocycles. The van der Waals surface area contributed by atoms with Crippen molar-refractivity contribution in [2.45, 2.75) is 26.3 Å². The maximum absolute atomic E-state index is 11.6. The minimum absolute atomic E-state index is 0.0683. The van der Waals surface area contributed by atoms with Crippen LogP contribution >= 0.6 is 0 Å². The highest BCUT2D eigenvalue weighted by Crippen LogP contribution is 2.28. The lowest BCUT2D eigenvalue weighted by atomic mass is 10.1. The summed E-state index contributed by atoms with van der Waals surface area (Å²) in [4.78, 5) is 13.2. The largest absolute Gasteiger partial charge is 0.315 e. The van der Waals surface area contributed by atoms with E-state index in [1.807, 2.05) is 25.1 Å². The number of nitrogens with zero attached hydrogens (tertiary/aromatic N) is 1. The molecule has 104 valence electrons. The van der Waals surface area contributed by atoms with Crippen molar-refractivity contribution in [3.05, 3.63) is 29.3 Å². The maximum Gasteiger partial charge on any atom is 0.231 e. The van der Waals surface area contributed by atoms with Gasteiger partial charge in [-0.2, -0.15) is 0 Å². The van der Waals surface area contributed by atoms with Gasteiger partial charge in [-0.3, -0.25) is 4.79 Å². The Morgan fingerprint density at radius 3 is 2.79 bits per heavy atom. The zero-order valence-corrected chi connectivity index (χ0v) is 12.0. The van der Waals surface area contributed by atoms with Crippen LogP contribution in [0.4, 0.5) is 5.69 Å². The van der Waals surface area contributed by atoms with Gasteiger partial charge in [-0.25, -0.2) is 13.1 Å². The second-order valence-corrected chi connectivity index (χ2v) is 6.66. The van der Waals surface area contributed by atoms with E-state index >= 15 is 0 Å². The highest BCUT2D eigenvalue weighted by molar-refractivity contribution is 7.89. The van der Waals surface area contributed by atoms with Crippen molar-refractivity contribution in [3.8, 4) is 0 Å². The fourth-order valence-electron chi connectivity index (χ4n) is 2.17. The Kier molecular flexibility index (Phi) is 3.91. The van der Waals surface area contributed by atoms with Crippen molar-refractivity contribution in [1.82, 2.24) is 4.72 Å². The Balaban J connectivity index is 2.09. The second kappa shape index (κ2) is 5.30. The first-order valence-electron chi connectivity index (χ1n) is 6.28. The summed E-state index contributed by atoms with van der Waals surface area (Å²) in [5.74, 6) is 0.206. The number of benzene rings is 1. The van der Waals surface area contributed by atoms with Gasteiger partial charge in [0.1, 0.15) is 0 Å². The summed E-state index contributed by atoms with van der Waals surface area (Å²) in [5.41, 5.74) is 2.74. The SMILES string of the molecule is CCCS(=O)(=O)NCc1ccc2c(c1)CC(=O)N2C. The molecule has 0 aromatic heterocycles. The van der Waals surface area contributed by atoms with Gasteiger partial charge in [0.25, 0.3) is 0 Å². The van der Waals surface area contributed by atoms with Crippen LogP contribution in [0.1, 0.15) is 24.5 Å². The third-order valence-electron chi connectivity index (χ3n) is 3.19. The van der Waals surface area contributed by atoms with Crippen LogP contribution in [-0.4, -0.2) is 27.1 Å². The summed E-state index contributed by atoms with van der Waals surface area (Å²) >= 11 is 0. The Morgan fingerprint density at radius 1 is 1.37 bits per heavy atom. The van der Waals surface area contributed by atoms with Gasteiger partial charge in [-0.1, -0.05) is 19.1 Å². The molecule has 1 aliphatic heterocycles. The molecule has 0 radical (unpaired) electrons. The number of carbonyl (C=O) groups is 1. The molecule has 0 atom stereocenters. The number of sulfonamides is 1. The second-order valence-electron chi connectivity index (χ2n) is 4.73. The van der Waals surface area contributed by atoms with Gasteiger partial charge < -0.3 is 4.90 Å². The van der Waals surface area contributed by atoms with E-state index in [-0.39, 0.29) is 18.2 Å². The minimum Gasteiger partial charge on any atom is -0.315 e. The molecule has 0 aliphatic carbocycles. The van der Waals surface area contributed by atoms with Crippen molar-refractivity contribution < 1.29 is 13.2 Å². The maximum atomic E-state index is 11.6. The first kappa shape index (κ1) is 14.0. The predicted molar refractivity (Wildman–Crippen MR) is 74.5 cm³/mol. The quantitative estimate of drug-likeness (QED) is 0.877. The molecule has 5 nitrogen and oxygen atoms in total. The summed E-state index contributed by atoms with van der Waals surface area (Å²) in [5, 5.41) is 0. The summed E-state index contributed by atoms with van der Waals surface area (Å²) < 4.78 is 25.7. The zero-order valence-electron chi connectivity index (χ0n) is 11.1. The van der Waals surface area contributed by atoms with Crippen molar-refractivity contribution in [2.75, 3.05) is 17.7 Å². The Bertz CT molecular complexity index is 596. The summed E-state index contributed by atoms with van der Waals surface area (Å²) in [6, 6.07) is 5.61. The van der Waals surface area contributed by atoms with Gasteiger partial charge in [0.05, 0.1) is 12.2 Å². The molecule has 0 fully saturated rings. The standard InChI is InChI=1S/C13H18N2O3S/c1-3-6-19(17,18)14-9-10-4-5-12-11(7-10)8-13(16)15(12)2/h4-5,7,14H,3,6,8-9H2,1-2H3. The Hall–Kier alpha value is -1.40. The number of nitrogens with one attached hydrogen (secondary N) is 1. The fraction of sp³-hybridized carbons (Fsp3) is 0.462. The van der Waals surface area contributed by atoms with Crippen LogP contribution in [0.5, 0.6) is 0 Å². The molecule has 1 heterocycles. The normalized spacial score (nSPS) is 14.8. The number of fused-ring (bicyclic) bond motifs is 1. The molecule has 19 heavy (non-hydrogen) atoms. The Morgan fingerprint density at radius 2 is 2.11 bits per heavy atom. The lowest BCUT2D eigenvalue weighted by Crippen LogP contribution is -2.25. The molecule has 1 aliphatic rings. The van der Waals surface area contributed by atoms with Crippen LogP contribution in [-0.2, 0) is 27.8 Å². The zero-order chi connectivity index (χ0) is 14.0. The molecule has 0 spiro atoms. The molecule has 6 heteroatoms. The number of hydrogen-bond acceptors (Lipinski definition) is 3. The minimum atomic E-state index is -3.19. The van der Waals surface area contributed by atoms with Crippen LogP contribution in [0.2, 0.25) is 0 Å². The van der Waals surface area contributed by atoms with Crippen molar-refractivity contribution in [3.63, 3.8) is 0 Å². The molecular weight excluding hydrogens is 264 g/mol. The molecule has 0 unspecified atom stereocenters.